The highest BCUT2D eigenvalue weighted by Crippen LogP contribution is 2.09. The fraction of sp³-hybridized carbons (Fsp3) is 0.467. The third kappa shape index (κ3) is 7.97. The van der Waals surface area contributed by atoms with Crippen molar-refractivity contribution in [3.8, 4) is 0 Å². The first-order chi connectivity index (χ1) is 9.02. The molecule has 0 fully saturated rings. The van der Waals surface area contributed by atoms with Crippen molar-refractivity contribution in [3.63, 3.8) is 0 Å². The molecule has 0 amide bonds. The standard InChI is InChI=1S/C15H22O4/c1-4-6-8-13(10-9-12(3)14(16)17)15(18)19-11-7-5-2/h4,6,8-9H,5,7,10-11H2,1-3H3,(H,16,17). The molecule has 1 N–H and O–H groups in total. The summed E-state index contributed by atoms with van der Waals surface area (Å²) < 4.78 is 5.12. The zero-order valence-electron chi connectivity index (χ0n) is 11.8. The van der Waals surface area contributed by atoms with Gasteiger partial charge in [-0.05, 0) is 26.7 Å². The molecule has 106 valence electrons. The second-order valence-electron chi connectivity index (χ2n) is 4.10. The van der Waals surface area contributed by atoms with Gasteiger partial charge in [0.2, 0.25) is 0 Å². The van der Waals surface area contributed by atoms with E-state index in [0.717, 1.165) is 12.8 Å². The van der Waals surface area contributed by atoms with Crippen LogP contribution in [0.25, 0.3) is 0 Å². The zero-order chi connectivity index (χ0) is 14.7. The number of hydrogen-bond donors (Lipinski definition) is 1. The lowest BCUT2D eigenvalue weighted by molar-refractivity contribution is -0.139. The lowest BCUT2D eigenvalue weighted by Crippen LogP contribution is -2.09. The van der Waals surface area contributed by atoms with E-state index in [1.807, 2.05) is 13.8 Å². The van der Waals surface area contributed by atoms with Gasteiger partial charge in [-0.25, -0.2) is 9.59 Å². The second-order valence-corrected chi connectivity index (χ2v) is 4.10. The number of aliphatic carboxylic acids is 1. The van der Waals surface area contributed by atoms with Gasteiger partial charge >= 0.3 is 11.9 Å². The number of rotatable bonds is 8. The number of carboxylic acid groups (broad SMARTS) is 1. The van der Waals surface area contributed by atoms with E-state index in [1.54, 1.807) is 18.2 Å². The highest BCUT2D eigenvalue weighted by atomic mass is 16.5. The Morgan fingerprint density at radius 2 is 2.00 bits per heavy atom. The van der Waals surface area contributed by atoms with Crippen LogP contribution >= 0.6 is 0 Å². The summed E-state index contributed by atoms with van der Waals surface area (Å²) in [6, 6.07) is 0. The van der Waals surface area contributed by atoms with Crippen molar-refractivity contribution in [1.29, 1.82) is 0 Å². The molecule has 0 aliphatic heterocycles. The molecule has 0 saturated carbocycles. The number of carbonyl (C=O) groups excluding carboxylic acids is 1. The van der Waals surface area contributed by atoms with Gasteiger partial charge in [-0.3, -0.25) is 0 Å². The van der Waals surface area contributed by atoms with Gasteiger partial charge in [0.1, 0.15) is 0 Å². The summed E-state index contributed by atoms with van der Waals surface area (Å²) in [5.74, 6) is -1.37. The molecule has 0 unspecified atom stereocenters. The van der Waals surface area contributed by atoms with E-state index in [0.29, 0.717) is 12.2 Å². The largest absolute Gasteiger partial charge is 0.478 e. The van der Waals surface area contributed by atoms with Crippen LogP contribution in [0.4, 0.5) is 0 Å². The van der Waals surface area contributed by atoms with Crippen LogP contribution in [0.2, 0.25) is 0 Å². The van der Waals surface area contributed by atoms with Crippen molar-refractivity contribution < 1.29 is 19.4 Å². The lowest BCUT2D eigenvalue weighted by Gasteiger charge is -2.06. The average Bonchev–Trinajstić information content (AvgIpc) is 2.38. The number of ether oxygens (including phenoxy) is 1. The number of allylic oxidation sites excluding steroid dienone is 4. The monoisotopic (exact) mass is 266 g/mol. The Balaban J connectivity index is 4.69. The first-order valence-corrected chi connectivity index (χ1v) is 6.41. The quantitative estimate of drug-likeness (QED) is 0.317. The minimum atomic E-state index is -0.982. The Hall–Kier alpha value is -1.84. The Morgan fingerprint density at radius 1 is 1.32 bits per heavy atom. The second kappa shape index (κ2) is 10.1. The summed E-state index contributed by atoms with van der Waals surface area (Å²) in [4.78, 5) is 22.5. The van der Waals surface area contributed by atoms with Crippen LogP contribution in [0, 0.1) is 0 Å². The zero-order valence-corrected chi connectivity index (χ0v) is 11.8. The van der Waals surface area contributed by atoms with Gasteiger partial charge in [-0.1, -0.05) is 37.6 Å². The normalized spacial score (nSPS) is 12.8. The highest BCUT2D eigenvalue weighted by Gasteiger charge is 2.10. The minimum Gasteiger partial charge on any atom is -0.478 e. The van der Waals surface area contributed by atoms with Crippen LogP contribution in [0.5, 0.6) is 0 Å². The predicted molar refractivity (Wildman–Crippen MR) is 74.8 cm³/mol. The lowest BCUT2D eigenvalue weighted by atomic mass is 10.1. The maximum absolute atomic E-state index is 11.8. The number of carboxylic acids is 1. The molecule has 0 radical (unpaired) electrons. The van der Waals surface area contributed by atoms with E-state index < -0.39 is 5.97 Å². The number of hydrogen-bond acceptors (Lipinski definition) is 3. The molecule has 19 heavy (non-hydrogen) atoms. The Morgan fingerprint density at radius 3 is 2.53 bits per heavy atom. The van der Waals surface area contributed by atoms with Gasteiger partial charge in [0.15, 0.2) is 0 Å². The number of esters is 1. The van der Waals surface area contributed by atoms with Crippen LogP contribution in [0.3, 0.4) is 0 Å². The summed E-state index contributed by atoms with van der Waals surface area (Å²) in [6.07, 6.45) is 8.74. The minimum absolute atomic E-state index is 0.215. The van der Waals surface area contributed by atoms with Gasteiger partial charge in [-0.2, -0.15) is 0 Å². The number of carbonyl (C=O) groups is 2. The van der Waals surface area contributed by atoms with Gasteiger partial charge in [0.25, 0.3) is 0 Å². The fourth-order valence-electron chi connectivity index (χ4n) is 1.18. The van der Waals surface area contributed by atoms with Gasteiger partial charge in [0, 0.05) is 11.1 Å². The number of unbranched alkanes of at least 4 members (excludes halogenated alkanes) is 1. The Labute approximate surface area is 114 Å². The van der Waals surface area contributed by atoms with E-state index in [-0.39, 0.29) is 18.0 Å². The van der Waals surface area contributed by atoms with Crippen molar-refractivity contribution in [1.82, 2.24) is 0 Å². The molecular formula is C15H22O4. The van der Waals surface area contributed by atoms with Crippen molar-refractivity contribution in [2.75, 3.05) is 6.61 Å². The molecular weight excluding hydrogens is 244 g/mol. The highest BCUT2D eigenvalue weighted by molar-refractivity contribution is 5.90. The molecule has 0 aromatic heterocycles. The van der Waals surface area contributed by atoms with Crippen molar-refractivity contribution in [3.05, 3.63) is 35.5 Å². The van der Waals surface area contributed by atoms with Gasteiger partial charge < -0.3 is 9.84 Å². The summed E-state index contributed by atoms with van der Waals surface area (Å²) in [7, 11) is 0. The maximum Gasteiger partial charge on any atom is 0.334 e. The molecule has 0 saturated heterocycles. The molecule has 0 aromatic carbocycles. The topological polar surface area (TPSA) is 63.6 Å². The van der Waals surface area contributed by atoms with Crippen LogP contribution in [0.1, 0.15) is 40.0 Å². The summed E-state index contributed by atoms with van der Waals surface area (Å²) >= 11 is 0. The molecule has 0 heterocycles. The van der Waals surface area contributed by atoms with Crippen molar-refractivity contribution >= 4 is 11.9 Å². The molecule has 0 aliphatic carbocycles. The van der Waals surface area contributed by atoms with E-state index in [1.165, 1.54) is 13.0 Å². The molecule has 0 aromatic rings. The summed E-state index contributed by atoms with van der Waals surface area (Å²) in [5.41, 5.74) is 0.669. The van der Waals surface area contributed by atoms with Crippen molar-refractivity contribution in [2.45, 2.75) is 40.0 Å². The smallest absolute Gasteiger partial charge is 0.334 e. The first kappa shape index (κ1) is 17.2. The Kier molecular flexibility index (Phi) is 9.14. The molecule has 0 atom stereocenters. The molecule has 0 spiro atoms. The molecule has 0 rings (SSSR count). The van der Waals surface area contributed by atoms with Crippen molar-refractivity contribution in [2.24, 2.45) is 0 Å². The van der Waals surface area contributed by atoms with Gasteiger partial charge in [-0.15, -0.1) is 0 Å². The average molecular weight is 266 g/mol. The summed E-state index contributed by atoms with van der Waals surface area (Å²) in [5, 5.41) is 8.76. The molecule has 4 heteroatoms. The predicted octanol–water partition coefficient (Wildman–Crippen LogP) is 3.25. The van der Waals surface area contributed by atoms with E-state index in [9.17, 15) is 9.59 Å². The molecule has 0 bridgehead atoms. The molecule has 0 aliphatic rings. The summed E-state index contributed by atoms with van der Waals surface area (Å²) in [6.45, 7) is 5.75. The van der Waals surface area contributed by atoms with Gasteiger partial charge in [0.05, 0.1) is 6.61 Å². The third-order valence-corrected chi connectivity index (χ3v) is 2.45. The van der Waals surface area contributed by atoms with E-state index >= 15 is 0 Å². The van der Waals surface area contributed by atoms with Crippen LogP contribution in [0.15, 0.2) is 35.5 Å². The fourth-order valence-corrected chi connectivity index (χ4v) is 1.18. The van der Waals surface area contributed by atoms with E-state index in [4.69, 9.17) is 9.84 Å². The maximum atomic E-state index is 11.8. The SMILES string of the molecule is CC=CC=C(CC=C(C)C(=O)O)C(=O)OCCCC. The van der Waals surface area contributed by atoms with Crippen LogP contribution in [-0.4, -0.2) is 23.7 Å². The molecule has 4 nitrogen and oxygen atoms in total. The van der Waals surface area contributed by atoms with Crippen LogP contribution < -0.4 is 0 Å². The van der Waals surface area contributed by atoms with E-state index in [2.05, 4.69) is 0 Å². The van der Waals surface area contributed by atoms with Crippen LogP contribution in [-0.2, 0) is 14.3 Å². The first-order valence-electron chi connectivity index (χ1n) is 6.41. The Bertz CT molecular complexity index is 389. The third-order valence-electron chi connectivity index (χ3n) is 2.45.